The lowest BCUT2D eigenvalue weighted by molar-refractivity contribution is -0.140. The maximum absolute atomic E-state index is 13.7. The van der Waals surface area contributed by atoms with Gasteiger partial charge < -0.3 is 19.9 Å². The summed E-state index contributed by atoms with van der Waals surface area (Å²) in [7, 11) is 0. The molecular formula is C21H31FN4O2S. The van der Waals surface area contributed by atoms with Crippen molar-refractivity contribution in [1.29, 1.82) is 0 Å². The van der Waals surface area contributed by atoms with Crippen molar-refractivity contribution >= 4 is 23.6 Å². The molecule has 8 heteroatoms. The molecule has 1 amide bonds. The van der Waals surface area contributed by atoms with Gasteiger partial charge in [-0.1, -0.05) is 12.1 Å². The summed E-state index contributed by atoms with van der Waals surface area (Å²) in [5, 5.41) is 3.35. The smallest absolute Gasteiger partial charge is 0.225 e. The average molecular weight is 423 g/mol. The van der Waals surface area contributed by atoms with Gasteiger partial charge >= 0.3 is 0 Å². The summed E-state index contributed by atoms with van der Waals surface area (Å²) >= 11 is 1.49. The van der Waals surface area contributed by atoms with Crippen LogP contribution in [0.25, 0.3) is 0 Å². The number of morpholine rings is 1. The molecule has 29 heavy (non-hydrogen) atoms. The van der Waals surface area contributed by atoms with E-state index in [1.54, 1.807) is 12.1 Å². The molecule has 0 saturated carbocycles. The van der Waals surface area contributed by atoms with Gasteiger partial charge in [-0.2, -0.15) is 0 Å². The molecule has 1 N–H and O–H groups in total. The second kappa shape index (κ2) is 11.4. The van der Waals surface area contributed by atoms with Crippen LogP contribution in [0.1, 0.15) is 19.8 Å². The quantitative estimate of drug-likeness (QED) is 0.330. The number of halogens is 1. The zero-order valence-electron chi connectivity index (χ0n) is 17.1. The molecule has 1 aromatic rings. The number of likely N-dealkylation sites (tertiary alicyclic amines) is 1. The van der Waals surface area contributed by atoms with Crippen LogP contribution in [0.3, 0.4) is 0 Å². The Morgan fingerprint density at radius 2 is 1.93 bits per heavy atom. The molecule has 3 rings (SSSR count). The minimum absolute atomic E-state index is 0.101. The normalized spacial score (nSPS) is 18.8. The third kappa shape index (κ3) is 6.34. The first-order chi connectivity index (χ1) is 14.2. The van der Waals surface area contributed by atoms with Crippen LogP contribution in [0.2, 0.25) is 0 Å². The van der Waals surface area contributed by atoms with Crippen molar-refractivity contribution in [1.82, 2.24) is 15.1 Å². The fourth-order valence-corrected chi connectivity index (χ4v) is 4.46. The Morgan fingerprint density at radius 1 is 1.21 bits per heavy atom. The van der Waals surface area contributed by atoms with Gasteiger partial charge in [0.2, 0.25) is 5.91 Å². The van der Waals surface area contributed by atoms with E-state index >= 15 is 0 Å². The Balaban J connectivity index is 1.47. The maximum Gasteiger partial charge on any atom is 0.225 e. The highest BCUT2D eigenvalue weighted by Gasteiger charge is 2.30. The van der Waals surface area contributed by atoms with Gasteiger partial charge in [0, 0.05) is 49.3 Å². The van der Waals surface area contributed by atoms with Crippen molar-refractivity contribution in [3.8, 4) is 0 Å². The van der Waals surface area contributed by atoms with Gasteiger partial charge in [0.25, 0.3) is 0 Å². The molecule has 2 aliphatic rings. The predicted molar refractivity (Wildman–Crippen MR) is 115 cm³/mol. The van der Waals surface area contributed by atoms with Crippen LogP contribution in [-0.4, -0.2) is 79.9 Å². The maximum atomic E-state index is 13.7. The largest absolute Gasteiger partial charge is 0.378 e. The number of benzene rings is 1. The monoisotopic (exact) mass is 422 g/mol. The SMILES string of the molecule is CCNC(=NCCSc1ccccc1F)N1CCC(C(=O)N2CCOCC2)CC1. The van der Waals surface area contributed by atoms with E-state index in [9.17, 15) is 9.18 Å². The molecule has 160 valence electrons. The van der Waals surface area contributed by atoms with Gasteiger partial charge in [0.1, 0.15) is 5.82 Å². The van der Waals surface area contributed by atoms with Gasteiger partial charge in [0.05, 0.1) is 19.8 Å². The van der Waals surface area contributed by atoms with Crippen molar-refractivity contribution in [3.05, 3.63) is 30.1 Å². The highest BCUT2D eigenvalue weighted by molar-refractivity contribution is 7.99. The summed E-state index contributed by atoms with van der Waals surface area (Å²) in [5.41, 5.74) is 0. The third-order valence-electron chi connectivity index (χ3n) is 5.25. The zero-order chi connectivity index (χ0) is 20.5. The van der Waals surface area contributed by atoms with E-state index in [0.29, 0.717) is 37.7 Å². The number of nitrogens with one attached hydrogen (secondary N) is 1. The van der Waals surface area contributed by atoms with Gasteiger partial charge in [0.15, 0.2) is 5.96 Å². The van der Waals surface area contributed by atoms with Crippen LogP contribution in [0.15, 0.2) is 34.2 Å². The third-order valence-corrected chi connectivity index (χ3v) is 6.28. The number of carbonyl (C=O) groups excluding carboxylic acids is 1. The van der Waals surface area contributed by atoms with Crippen LogP contribution in [0.5, 0.6) is 0 Å². The lowest BCUT2D eigenvalue weighted by Crippen LogP contribution is -2.50. The summed E-state index contributed by atoms with van der Waals surface area (Å²) in [4.78, 5) is 22.3. The topological polar surface area (TPSA) is 57.2 Å². The number of hydrogen-bond acceptors (Lipinski definition) is 4. The lowest BCUT2D eigenvalue weighted by Gasteiger charge is -2.36. The number of hydrogen-bond donors (Lipinski definition) is 1. The molecule has 2 fully saturated rings. The van der Waals surface area contributed by atoms with Crippen LogP contribution in [-0.2, 0) is 9.53 Å². The summed E-state index contributed by atoms with van der Waals surface area (Å²) in [5.74, 6) is 1.81. The molecular weight excluding hydrogens is 391 g/mol. The zero-order valence-corrected chi connectivity index (χ0v) is 17.9. The first kappa shape index (κ1) is 21.9. The van der Waals surface area contributed by atoms with E-state index in [1.807, 2.05) is 11.0 Å². The van der Waals surface area contributed by atoms with Crippen molar-refractivity contribution in [2.75, 3.05) is 58.2 Å². The number of rotatable bonds is 6. The Kier molecular flexibility index (Phi) is 8.61. The van der Waals surface area contributed by atoms with Gasteiger partial charge in [-0.15, -0.1) is 11.8 Å². The summed E-state index contributed by atoms with van der Waals surface area (Å²) in [6.45, 7) is 7.84. The number of guanidine groups is 1. The van der Waals surface area contributed by atoms with Crippen LogP contribution < -0.4 is 5.32 Å². The number of nitrogens with zero attached hydrogens (tertiary/aromatic N) is 3. The molecule has 6 nitrogen and oxygen atoms in total. The summed E-state index contributed by atoms with van der Waals surface area (Å²) < 4.78 is 19.1. The Hall–Kier alpha value is -1.80. The van der Waals surface area contributed by atoms with E-state index in [0.717, 1.165) is 44.2 Å². The Labute approximate surface area is 176 Å². The van der Waals surface area contributed by atoms with E-state index in [4.69, 9.17) is 9.73 Å². The number of amides is 1. The molecule has 0 atom stereocenters. The average Bonchev–Trinajstić information content (AvgIpc) is 2.77. The predicted octanol–water partition coefficient (Wildman–Crippen LogP) is 2.45. The fourth-order valence-electron chi connectivity index (χ4n) is 3.67. The van der Waals surface area contributed by atoms with E-state index < -0.39 is 0 Å². The number of ether oxygens (including phenoxy) is 1. The highest BCUT2D eigenvalue weighted by atomic mass is 32.2. The molecule has 0 aromatic heterocycles. The second-order valence-corrected chi connectivity index (χ2v) is 8.35. The van der Waals surface area contributed by atoms with Gasteiger partial charge in [-0.05, 0) is 31.9 Å². The number of carbonyl (C=O) groups is 1. The first-order valence-electron chi connectivity index (χ1n) is 10.5. The van der Waals surface area contributed by atoms with Crippen molar-refractivity contribution in [2.24, 2.45) is 10.9 Å². The molecule has 0 radical (unpaired) electrons. The molecule has 0 aliphatic carbocycles. The van der Waals surface area contributed by atoms with Crippen molar-refractivity contribution in [3.63, 3.8) is 0 Å². The standard InChI is InChI=1S/C21H31FN4O2S/c1-2-23-21(24-9-16-29-19-6-4-3-5-18(19)22)26-10-7-17(8-11-26)20(27)25-12-14-28-15-13-25/h3-6,17H,2,7-16H2,1H3,(H,23,24). The van der Waals surface area contributed by atoms with Gasteiger partial charge in [-0.3, -0.25) is 9.79 Å². The highest BCUT2D eigenvalue weighted by Crippen LogP contribution is 2.22. The van der Waals surface area contributed by atoms with E-state index in [-0.39, 0.29) is 17.6 Å². The van der Waals surface area contributed by atoms with Crippen molar-refractivity contribution < 1.29 is 13.9 Å². The van der Waals surface area contributed by atoms with Crippen LogP contribution >= 0.6 is 11.8 Å². The molecule has 0 spiro atoms. The Bertz CT molecular complexity index is 689. The van der Waals surface area contributed by atoms with Crippen LogP contribution in [0.4, 0.5) is 4.39 Å². The Morgan fingerprint density at radius 3 is 2.62 bits per heavy atom. The minimum atomic E-state index is -0.180. The number of thioether (sulfide) groups is 1. The number of aliphatic imine (C=N–C) groups is 1. The van der Waals surface area contributed by atoms with Crippen LogP contribution in [0, 0.1) is 11.7 Å². The minimum Gasteiger partial charge on any atom is -0.378 e. The molecule has 0 unspecified atom stereocenters. The van der Waals surface area contributed by atoms with E-state index in [2.05, 4.69) is 17.1 Å². The molecule has 2 heterocycles. The second-order valence-electron chi connectivity index (χ2n) is 7.21. The molecule has 2 aliphatic heterocycles. The first-order valence-corrected chi connectivity index (χ1v) is 11.4. The van der Waals surface area contributed by atoms with Gasteiger partial charge in [-0.25, -0.2) is 4.39 Å². The van der Waals surface area contributed by atoms with Crippen molar-refractivity contribution in [2.45, 2.75) is 24.7 Å². The van der Waals surface area contributed by atoms with E-state index in [1.165, 1.54) is 17.8 Å². The molecule has 0 bridgehead atoms. The lowest BCUT2D eigenvalue weighted by atomic mass is 9.95. The molecule has 2 saturated heterocycles. The fraction of sp³-hybridized carbons (Fsp3) is 0.619. The molecule has 1 aromatic carbocycles. The number of piperidine rings is 1. The summed E-state index contributed by atoms with van der Waals surface area (Å²) in [6, 6.07) is 6.83. The summed E-state index contributed by atoms with van der Waals surface area (Å²) in [6.07, 6.45) is 1.70.